The van der Waals surface area contributed by atoms with Crippen LogP contribution in [0.15, 0.2) is 12.1 Å². The lowest BCUT2D eigenvalue weighted by Gasteiger charge is -2.23. The van der Waals surface area contributed by atoms with Crippen LogP contribution >= 0.6 is 11.6 Å². The van der Waals surface area contributed by atoms with E-state index in [1.807, 2.05) is 32.9 Å². The predicted octanol–water partition coefficient (Wildman–Crippen LogP) is 2.96. The summed E-state index contributed by atoms with van der Waals surface area (Å²) in [7, 11) is 0. The van der Waals surface area contributed by atoms with Crippen molar-refractivity contribution in [2.45, 2.75) is 45.3 Å². The van der Waals surface area contributed by atoms with Crippen molar-refractivity contribution in [1.82, 2.24) is 0 Å². The zero-order valence-corrected chi connectivity index (χ0v) is 12.6. The van der Waals surface area contributed by atoms with Gasteiger partial charge in [0, 0.05) is 17.5 Å². The van der Waals surface area contributed by atoms with Crippen molar-refractivity contribution in [3.63, 3.8) is 0 Å². The van der Waals surface area contributed by atoms with Gasteiger partial charge in [0.05, 0.1) is 18.8 Å². The van der Waals surface area contributed by atoms with Gasteiger partial charge in [-0.25, -0.2) is 0 Å². The molecule has 2 N–H and O–H groups in total. The quantitative estimate of drug-likeness (QED) is 0.924. The Hall–Kier alpha value is -0.770. The molecule has 0 aromatic heterocycles. The van der Waals surface area contributed by atoms with Gasteiger partial charge in [0.2, 0.25) is 0 Å². The molecule has 2 rings (SSSR count). The monoisotopic (exact) mass is 283 g/mol. The summed E-state index contributed by atoms with van der Waals surface area (Å²) in [5, 5.41) is 0.753. The fraction of sp³-hybridized carbons (Fsp3) is 0.600. The SMILES string of the molecule is CC(C)(C)OCC(N)Cc1cc(Cl)cc2c1OCC2. The number of ether oxygens (including phenoxy) is 2. The Bertz CT molecular complexity index is 454. The fourth-order valence-corrected chi connectivity index (χ4v) is 2.46. The molecule has 1 atom stereocenters. The van der Waals surface area contributed by atoms with Crippen LogP contribution in [0.2, 0.25) is 5.02 Å². The number of rotatable bonds is 4. The maximum Gasteiger partial charge on any atom is 0.125 e. The average molecular weight is 284 g/mol. The molecule has 1 aliphatic rings. The third-order valence-corrected chi connectivity index (χ3v) is 3.26. The highest BCUT2D eigenvalue weighted by Crippen LogP contribution is 2.33. The van der Waals surface area contributed by atoms with E-state index < -0.39 is 0 Å². The van der Waals surface area contributed by atoms with Crippen LogP contribution in [0, 0.1) is 0 Å². The molecule has 0 amide bonds. The Morgan fingerprint density at radius 3 is 2.84 bits per heavy atom. The van der Waals surface area contributed by atoms with Crippen molar-refractivity contribution >= 4 is 11.6 Å². The Morgan fingerprint density at radius 1 is 1.42 bits per heavy atom. The highest BCUT2D eigenvalue weighted by molar-refractivity contribution is 6.30. The van der Waals surface area contributed by atoms with Crippen molar-refractivity contribution < 1.29 is 9.47 Å². The summed E-state index contributed by atoms with van der Waals surface area (Å²) in [6.07, 6.45) is 1.65. The van der Waals surface area contributed by atoms with E-state index in [1.165, 1.54) is 5.56 Å². The number of hydrogen-bond donors (Lipinski definition) is 1. The minimum atomic E-state index is -0.162. The van der Waals surface area contributed by atoms with Crippen LogP contribution in [0.3, 0.4) is 0 Å². The third-order valence-electron chi connectivity index (χ3n) is 3.04. The lowest BCUT2D eigenvalue weighted by atomic mass is 10.0. The van der Waals surface area contributed by atoms with Gasteiger partial charge in [0.25, 0.3) is 0 Å². The maximum atomic E-state index is 6.13. The Morgan fingerprint density at radius 2 is 2.16 bits per heavy atom. The van der Waals surface area contributed by atoms with Crippen LogP contribution in [0.4, 0.5) is 0 Å². The zero-order chi connectivity index (χ0) is 14.0. The first-order valence-electron chi connectivity index (χ1n) is 6.69. The minimum Gasteiger partial charge on any atom is -0.493 e. The van der Waals surface area contributed by atoms with Gasteiger partial charge >= 0.3 is 0 Å². The summed E-state index contributed by atoms with van der Waals surface area (Å²) >= 11 is 6.13. The molecule has 0 aliphatic carbocycles. The van der Waals surface area contributed by atoms with Gasteiger partial charge in [-0.05, 0) is 50.5 Å². The predicted molar refractivity (Wildman–Crippen MR) is 78.0 cm³/mol. The van der Waals surface area contributed by atoms with Crippen LogP contribution in [-0.4, -0.2) is 24.9 Å². The minimum absolute atomic E-state index is 0.0500. The molecule has 1 unspecified atom stereocenters. The van der Waals surface area contributed by atoms with Gasteiger partial charge in [-0.1, -0.05) is 11.6 Å². The van der Waals surface area contributed by atoms with E-state index in [0.29, 0.717) is 6.61 Å². The summed E-state index contributed by atoms with van der Waals surface area (Å²) in [4.78, 5) is 0. The van der Waals surface area contributed by atoms with Crippen LogP contribution in [0.25, 0.3) is 0 Å². The van der Waals surface area contributed by atoms with Gasteiger partial charge < -0.3 is 15.2 Å². The second-order valence-electron chi connectivity index (χ2n) is 6.04. The summed E-state index contributed by atoms with van der Waals surface area (Å²) in [6, 6.07) is 3.87. The van der Waals surface area contributed by atoms with Gasteiger partial charge in [0.1, 0.15) is 5.75 Å². The van der Waals surface area contributed by atoms with Crippen LogP contribution in [0.5, 0.6) is 5.75 Å². The van der Waals surface area contributed by atoms with Gasteiger partial charge in [-0.15, -0.1) is 0 Å². The molecule has 1 aromatic carbocycles. The standard InChI is InChI=1S/C15H22ClNO2/c1-15(2,3)19-9-13(17)8-11-7-12(16)6-10-4-5-18-14(10)11/h6-7,13H,4-5,8-9,17H2,1-3H3. The molecule has 0 fully saturated rings. The number of halogens is 1. The molecule has 0 bridgehead atoms. The van der Waals surface area contributed by atoms with E-state index in [4.69, 9.17) is 26.8 Å². The van der Waals surface area contributed by atoms with Crippen molar-refractivity contribution in [1.29, 1.82) is 0 Å². The average Bonchev–Trinajstić information content (AvgIpc) is 2.73. The number of nitrogens with two attached hydrogens (primary N) is 1. The van der Waals surface area contributed by atoms with Gasteiger partial charge in [-0.2, -0.15) is 0 Å². The first-order valence-corrected chi connectivity index (χ1v) is 7.06. The van der Waals surface area contributed by atoms with Crippen molar-refractivity contribution in [2.24, 2.45) is 5.73 Å². The van der Waals surface area contributed by atoms with Crippen molar-refractivity contribution in [2.75, 3.05) is 13.2 Å². The van der Waals surface area contributed by atoms with E-state index in [9.17, 15) is 0 Å². The largest absolute Gasteiger partial charge is 0.493 e. The number of fused-ring (bicyclic) bond motifs is 1. The highest BCUT2D eigenvalue weighted by Gasteiger charge is 2.20. The van der Waals surface area contributed by atoms with E-state index in [2.05, 4.69) is 0 Å². The smallest absolute Gasteiger partial charge is 0.125 e. The zero-order valence-electron chi connectivity index (χ0n) is 11.8. The molecule has 0 spiro atoms. The molecular weight excluding hydrogens is 262 g/mol. The summed E-state index contributed by atoms with van der Waals surface area (Å²) in [6.45, 7) is 7.35. The maximum absolute atomic E-state index is 6.13. The van der Waals surface area contributed by atoms with Crippen LogP contribution in [-0.2, 0) is 17.6 Å². The topological polar surface area (TPSA) is 44.5 Å². The number of benzene rings is 1. The van der Waals surface area contributed by atoms with E-state index in [1.54, 1.807) is 0 Å². The first kappa shape index (κ1) is 14.6. The Kier molecular flexibility index (Phi) is 4.39. The molecule has 19 heavy (non-hydrogen) atoms. The lowest BCUT2D eigenvalue weighted by molar-refractivity contribution is -0.00987. The van der Waals surface area contributed by atoms with E-state index >= 15 is 0 Å². The number of hydrogen-bond acceptors (Lipinski definition) is 3. The normalized spacial score (nSPS) is 16.1. The van der Waals surface area contributed by atoms with Crippen molar-refractivity contribution in [3.8, 4) is 5.75 Å². The fourth-order valence-electron chi connectivity index (χ4n) is 2.20. The van der Waals surface area contributed by atoms with Gasteiger partial charge in [0.15, 0.2) is 0 Å². The molecule has 1 aromatic rings. The second-order valence-corrected chi connectivity index (χ2v) is 6.48. The van der Waals surface area contributed by atoms with Crippen LogP contribution in [0.1, 0.15) is 31.9 Å². The Labute approximate surface area is 120 Å². The second kappa shape index (κ2) is 5.70. The van der Waals surface area contributed by atoms with E-state index in [0.717, 1.165) is 35.8 Å². The summed E-state index contributed by atoms with van der Waals surface area (Å²) in [5.41, 5.74) is 8.25. The van der Waals surface area contributed by atoms with Gasteiger partial charge in [-0.3, -0.25) is 0 Å². The molecule has 1 aliphatic heterocycles. The molecule has 0 saturated carbocycles. The summed E-state index contributed by atoms with van der Waals surface area (Å²) in [5.74, 6) is 0.968. The van der Waals surface area contributed by atoms with Crippen molar-refractivity contribution in [3.05, 3.63) is 28.3 Å². The van der Waals surface area contributed by atoms with Crippen LogP contribution < -0.4 is 10.5 Å². The third kappa shape index (κ3) is 4.10. The van der Waals surface area contributed by atoms with E-state index in [-0.39, 0.29) is 11.6 Å². The highest BCUT2D eigenvalue weighted by atomic mass is 35.5. The molecule has 0 saturated heterocycles. The molecule has 3 nitrogen and oxygen atoms in total. The molecule has 4 heteroatoms. The lowest BCUT2D eigenvalue weighted by Crippen LogP contribution is -2.33. The molecule has 0 radical (unpaired) electrons. The molecule has 1 heterocycles. The Balaban J connectivity index is 2.03. The molecular formula is C15H22ClNO2. The molecule has 106 valence electrons. The summed E-state index contributed by atoms with van der Waals surface area (Å²) < 4.78 is 11.4. The first-order chi connectivity index (χ1) is 8.85.